The van der Waals surface area contributed by atoms with Gasteiger partial charge in [-0.25, -0.2) is 4.39 Å². The standard InChI is InChI=1S/C16H23FN2/c1-11(12-5-4-6-14(17)7-12)19-10-13-8-18-9-15(13)16(19,2)3/h4-7,11,13,15,18H,8-10H2,1-3H3. The molecular weight excluding hydrogens is 239 g/mol. The van der Waals surface area contributed by atoms with Crippen molar-refractivity contribution in [2.75, 3.05) is 19.6 Å². The third-order valence-electron chi connectivity index (χ3n) is 5.22. The summed E-state index contributed by atoms with van der Waals surface area (Å²) in [5.74, 6) is 1.32. The van der Waals surface area contributed by atoms with Crippen molar-refractivity contribution in [3.8, 4) is 0 Å². The van der Waals surface area contributed by atoms with Gasteiger partial charge >= 0.3 is 0 Å². The van der Waals surface area contributed by atoms with Crippen LogP contribution in [0.2, 0.25) is 0 Å². The minimum atomic E-state index is -0.136. The maximum Gasteiger partial charge on any atom is 0.123 e. The summed E-state index contributed by atoms with van der Waals surface area (Å²) in [7, 11) is 0. The van der Waals surface area contributed by atoms with Gasteiger partial charge in [-0.2, -0.15) is 0 Å². The molecule has 1 N–H and O–H groups in total. The first-order valence-corrected chi connectivity index (χ1v) is 7.23. The van der Waals surface area contributed by atoms with Crippen molar-refractivity contribution < 1.29 is 4.39 Å². The number of nitrogens with zero attached hydrogens (tertiary/aromatic N) is 1. The number of rotatable bonds is 2. The van der Waals surface area contributed by atoms with E-state index in [1.54, 1.807) is 6.07 Å². The first kappa shape index (κ1) is 13.1. The zero-order chi connectivity index (χ0) is 13.6. The van der Waals surface area contributed by atoms with Crippen LogP contribution in [-0.2, 0) is 0 Å². The molecule has 2 fully saturated rings. The Morgan fingerprint density at radius 1 is 1.37 bits per heavy atom. The lowest BCUT2D eigenvalue weighted by atomic mass is 9.84. The summed E-state index contributed by atoms with van der Waals surface area (Å²) in [4.78, 5) is 2.55. The summed E-state index contributed by atoms with van der Waals surface area (Å²) < 4.78 is 13.4. The number of nitrogens with one attached hydrogen (secondary N) is 1. The molecule has 3 atom stereocenters. The lowest BCUT2D eigenvalue weighted by Gasteiger charge is -2.40. The zero-order valence-electron chi connectivity index (χ0n) is 12.0. The van der Waals surface area contributed by atoms with Gasteiger partial charge in [0.25, 0.3) is 0 Å². The Hall–Kier alpha value is -0.930. The fourth-order valence-electron chi connectivity index (χ4n) is 4.06. The number of likely N-dealkylation sites (tertiary alicyclic amines) is 1. The van der Waals surface area contributed by atoms with E-state index in [9.17, 15) is 4.39 Å². The molecule has 0 aromatic heterocycles. The third kappa shape index (κ3) is 2.09. The van der Waals surface area contributed by atoms with E-state index in [1.807, 2.05) is 12.1 Å². The van der Waals surface area contributed by atoms with E-state index in [0.717, 1.165) is 31.1 Å². The van der Waals surface area contributed by atoms with Gasteiger partial charge in [0.1, 0.15) is 5.82 Å². The van der Waals surface area contributed by atoms with Gasteiger partial charge in [0.15, 0.2) is 0 Å². The summed E-state index contributed by atoms with van der Waals surface area (Å²) >= 11 is 0. The molecule has 3 unspecified atom stereocenters. The lowest BCUT2D eigenvalue weighted by molar-refractivity contribution is 0.0969. The second-order valence-corrected chi connectivity index (χ2v) is 6.56. The van der Waals surface area contributed by atoms with Crippen molar-refractivity contribution in [3.05, 3.63) is 35.6 Å². The highest BCUT2D eigenvalue weighted by Crippen LogP contribution is 2.44. The predicted molar refractivity (Wildman–Crippen MR) is 75.4 cm³/mol. The highest BCUT2D eigenvalue weighted by Gasteiger charge is 2.50. The van der Waals surface area contributed by atoms with E-state index < -0.39 is 0 Å². The third-order valence-corrected chi connectivity index (χ3v) is 5.22. The van der Waals surface area contributed by atoms with Crippen molar-refractivity contribution in [1.82, 2.24) is 10.2 Å². The molecule has 0 amide bonds. The molecule has 0 radical (unpaired) electrons. The molecule has 2 nitrogen and oxygen atoms in total. The molecule has 3 rings (SSSR count). The molecule has 104 valence electrons. The van der Waals surface area contributed by atoms with Crippen LogP contribution in [0.15, 0.2) is 24.3 Å². The first-order valence-electron chi connectivity index (χ1n) is 7.23. The van der Waals surface area contributed by atoms with Gasteiger partial charge in [0.2, 0.25) is 0 Å². The van der Waals surface area contributed by atoms with Crippen LogP contribution in [-0.4, -0.2) is 30.1 Å². The van der Waals surface area contributed by atoms with Crippen LogP contribution in [0.5, 0.6) is 0 Å². The van der Waals surface area contributed by atoms with Crippen molar-refractivity contribution >= 4 is 0 Å². The summed E-state index contributed by atoms with van der Waals surface area (Å²) in [6.45, 7) is 10.2. The monoisotopic (exact) mass is 262 g/mol. The van der Waals surface area contributed by atoms with Crippen molar-refractivity contribution in [2.24, 2.45) is 11.8 Å². The summed E-state index contributed by atoms with van der Waals surface area (Å²) in [6.07, 6.45) is 0. The summed E-state index contributed by atoms with van der Waals surface area (Å²) in [6, 6.07) is 7.32. The van der Waals surface area contributed by atoms with Crippen LogP contribution in [0.1, 0.15) is 32.4 Å². The Morgan fingerprint density at radius 2 is 2.16 bits per heavy atom. The van der Waals surface area contributed by atoms with Crippen LogP contribution in [0.3, 0.4) is 0 Å². The summed E-state index contributed by atoms with van der Waals surface area (Å²) in [5.41, 5.74) is 1.26. The van der Waals surface area contributed by atoms with Crippen molar-refractivity contribution in [3.63, 3.8) is 0 Å². The molecule has 2 saturated heterocycles. The molecule has 2 aliphatic heterocycles. The van der Waals surface area contributed by atoms with Gasteiger partial charge in [-0.15, -0.1) is 0 Å². The van der Waals surface area contributed by atoms with Crippen LogP contribution in [0.25, 0.3) is 0 Å². The highest BCUT2D eigenvalue weighted by atomic mass is 19.1. The van der Waals surface area contributed by atoms with Crippen LogP contribution < -0.4 is 5.32 Å². The normalized spacial score (nSPS) is 31.4. The molecule has 1 aromatic rings. The number of fused-ring (bicyclic) bond motifs is 1. The lowest BCUT2D eigenvalue weighted by Crippen LogP contribution is -2.45. The molecule has 0 aliphatic carbocycles. The molecule has 0 bridgehead atoms. The fraction of sp³-hybridized carbons (Fsp3) is 0.625. The van der Waals surface area contributed by atoms with Crippen molar-refractivity contribution in [1.29, 1.82) is 0 Å². The van der Waals surface area contributed by atoms with E-state index in [0.29, 0.717) is 5.92 Å². The van der Waals surface area contributed by atoms with E-state index in [-0.39, 0.29) is 17.4 Å². The van der Waals surface area contributed by atoms with Gasteiger partial charge in [0.05, 0.1) is 0 Å². The largest absolute Gasteiger partial charge is 0.316 e. The smallest absolute Gasteiger partial charge is 0.123 e. The molecule has 2 heterocycles. The molecule has 2 aliphatic rings. The minimum Gasteiger partial charge on any atom is -0.316 e. The average Bonchev–Trinajstić information content (AvgIpc) is 2.91. The molecule has 0 saturated carbocycles. The Bertz CT molecular complexity index is 472. The fourth-order valence-corrected chi connectivity index (χ4v) is 4.06. The Labute approximate surface area is 115 Å². The van der Waals surface area contributed by atoms with Crippen LogP contribution in [0.4, 0.5) is 4.39 Å². The zero-order valence-corrected chi connectivity index (χ0v) is 12.0. The average molecular weight is 262 g/mol. The van der Waals surface area contributed by atoms with Gasteiger partial charge in [-0.3, -0.25) is 4.90 Å². The van der Waals surface area contributed by atoms with E-state index in [4.69, 9.17) is 0 Å². The van der Waals surface area contributed by atoms with Crippen LogP contribution in [0, 0.1) is 17.7 Å². The SMILES string of the molecule is CC(c1cccc(F)c1)N1CC2CNCC2C1(C)C. The molecule has 0 spiro atoms. The van der Waals surface area contributed by atoms with Gasteiger partial charge in [-0.1, -0.05) is 12.1 Å². The minimum absolute atomic E-state index is 0.136. The number of hydrogen-bond donors (Lipinski definition) is 1. The number of halogens is 1. The Balaban J connectivity index is 1.86. The second kappa shape index (κ2) is 4.57. The highest BCUT2D eigenvalue weighted by molar-refractivity contribution is 5.21. The molecule has 3 heteroatoms. The Morgan fingerprint density at radius 3 is 2.84 bits per heavy atom. The maximum atomic E-state index is 13.4. The van der Waals surface area contributed by atoms with E-state index in [2.05, 4.69) is 31.0 Å². The Kier molecular flexibility index (Phi) is 3.14. The van der Waals surface area contributed by atoms with Crippen LogP contribution >= 0.6 is 0 Å². The summed E-state index contributed by atoms with van der Waals surface area (Å²) in [5, 5.41) is 3.50. The number of benzene rings is 1. The topological polar surface area (TPSA) is 15.3 Å². The van der Waals surface area contributed by atoms with Gasteiger partial charge in [0, 0.05) is 24.7 Å². The molecule has 19 heavy (non-hydrogen) atoms. The van der Waals surface area contributed by atoms with Gasteiger partial charge < -0.3 is 5.32 Å². The van der Waals surface area contributed by atoms with Gasteiger partial charge in [-0.05, 0) is 56.8 Å². The number of hydrogen-bond acceptors (Lipinski definition) is 2. The van der Waals surface area contributed by atoms with Crippen molar-refractivity contribution in [2.45, 2.75) is 32.4 Å². The molecule has 1 aromatic carbocycles. The predicted octanol–water partition coefficient (Wildman–Crippen LogP) is 2.82. The molecular formula is C16H23FN2. The van der Waals surface area contributed by atoms with E-state index in [1.165, 1.54) is 6.07 Å². The second-order valence-electron chi connectivity index (χ2n) is 6.56. The van der Waals surface area contributed by atoms with E-state index >= 15 is 0 Å². The quantitative estimate of drug-likeness (QED) is 0.881. The maximum absolute atomic E-state index is 13.4. The first-order chi connectivity index (χ1) is 9.00.